The van der Waals surface area contributed by atoms with Crippen molar-refractivity contribution in [3.63, 3.8) is 0 Å². The van der Waals surface area contributed by atoms with Crippen LogP contribution in [-0.2, 0) is 26.1 Å². The van der Waals surface area contributed by atoms with Crippen LogP contribution in [0.3, 0.4) is 0 Å². The summed E-state index contributed by atoms with van der Waals surface area (Å²) in [5.74, 6) is 0. The van der Waals surface area contributed by atoms with E-state index >= 15 is 0 Å². The molecule has 0 aliphatic carbocycles. The third-order valence-electron chi connectivity index (χ3n) is 3.13. The molecule has 11 heteroatoms. The number of hydrogen-bond acceptors (Lipinski definition) is 7. The molecule has 23 heavy (non-hydrogen) atoms. The van der Waals surface area contributed by atoms with Crippen molar-refractivity contribution in [1.29, 1.82) is 0 Å². The highest BCUT2D eigenvalue weighted by atomic mass is 32.2. The fourth-order valence-electron chi connectivity index (χ4n) is 2.08. The maximum Gasteiger partial charge on any atom is 0.324 e. The number of hydrogen-bond donors (Lipinski definition) is 2. The standard InChI is InChI=1S/C12H20N4O5S2/c1-20-6-9-8-22-11(14-9)15-12(17)16-3-4-21-7-10(16)5-13-23(2,18)19/h8,10,13H,3-7H2,1-2H3,(H,14,15,17). The summed E-state index contributed by atoms with van der Waals surface area (Å²) in [7, 11) is -1.75. The largest absolute Gasteiger partial charge is 0.378 e. The van der Waals surface area contributed by atoms with E-state index < -0.39 is 10.0 Å². The first-order valence-corrected chi connectivity index (χ1v) is 9.69. The number of sulfonamides is 1. The highest BCUT2D eigenvalue weighted by molar-refractivity contribution is 7.88. The predicted molar refractivity (Wildman–Crippen MR) is 86.0 cm³/mol. The quantitative estimate of drug-likeness (QED) is 0.739. The molecule has 1 aliphatic heterocycles. The Labute approximate surface area is 139 Å². The fourth-order valence-corrected chi connectivity index (χ4v) is 3.26. The van der Waals surface area contributed by atoms with E-state index in [0.29, 0.717) is 24.9 Å². The highest BCUT2D eigenvalue weighted by Gasteiger charge is 2.28. The maximum absolute atomic E-state index is 12.4. The average Bonchev–Trinajstić information content (AvgIpc) is 2.92. The Hall–Kier alpha value is -1.27. The number of nitrogens with one attached hydrogen (secondary N) is 2. The summed E-state index contributed by atoms with van der Waals surface area (Å²) < 4.78 is 35.1. The van der Waals surface area contributed by atoms with Crippen LogP contribution in [0.4, 0.5) is 9.93 Å². The summed E-state index contributed by atoms with van der Waals surface area (Å²) in [4.78, 5) is 18.2. The second kappa shape index (κ2) is 8.02. The van der Waals surface area contributed by atoms with Crippen LogP contribution in [-0.4, -0.2) is 70.0 Å². The minimum absolute atomic E-state index is 0.110. The lowest BCUT2D eigenvalue weighted by molar-refractivity contribution is 0.0176. The number of nitrogens with zero attached hydrogens (tertiary/aromatic N) is 2. The summed E-state index contributed by atoms with van der Waals surface area (Å²) in [6.45, 7) is 1.57. The lowest BCUT2D eigenvalue weighted by Crippen LogP contribution is -2.54. The molecule has 2 N–H and O–H groups in total. The summed E-state index contributed by atoms with van der Waals surface area (Å²) in [5, 5.41) is 5.01. The van der Waals surface area contributed by atoms with Gasteiger partial charge in [-0.3, -0.25) is 5.32 Å². The van der Waals surface area contributed by atoms with Gasteiger partial charge in [0.05, 0.1) is 37.8 Å². The van der Waals surface area contributed by atoms with E-state index in [0.717, 1.165) is 11.9 Å². The zero-order chi connectivity index (χ0) is 16.9. The third-order valence-corrected chi connectivity index (χ3v) is 4.62. The number of ether oxygens (including phenoxy) is 2. The Bertz CT molecular complexity index is 633. The highest BCUT2D eigenvalue weighted by Crippen LogP contribution is 2.17. The van der Waals surface area contributed by atoms with Crippen LogP contribution in [0, 0.1) is 0 Å². The van der Waals surface area contributed by atoms with Crippen molar-refractivity contribution in [2.75, 3.05) is 45.0 Å². The van der Waals surface area contributed by atoms with Crippen LogP contribution >= 0.6 is 11.3 Å². The van der Waals surface area contributed by atoms with Crippen molar-refractivity contribution in [3.05, 3.63) is 11.1 Å². The molecule has 0 radical (unpaired) electrons. The predicted octanol–water partition coefficient (Wildman–Crippen LogP) is 0.0714. The molecule has 1 aromatic heterocycles. The van der Waals surface area contributed by atoms with Gasteiger partial charge in [0.25, 0.3) is 0 Å². The number of rotatable bonds is 6. The van der Waals surface area contributed by atoms with Gasteiger partial charge in [-0.15, -0.1) is 11.3 Å². The number of amides is 2. The average molecular weight is 364 g/mol. The van der Waals surface area contributed by atoms with Gasteiger partial charge in [-0.1, -0.05) is 0 Å². The molecule has 0 saturated carbocycles. The number of carbonyl (C=O) groups is 1. The van der Waals surface area contributed by atoms with Crippen LogP contribution in [0.1, 0.15) is 5.69 Å². The molecule has 1 unspecified atom stereocenters. The van der Waals surface area contributed by atoms with Crippen molar-refractivity contribution in [3.8, 4) is 0 Å². The molecule has 1 aliphatic rings. The van der Waals surface area contributed by atoms with E-state index in [1.165, 1.54) is 11.3 Å². The van der Waals surface area contributed by atoms with Gasteiger partial charge >= 0.3 is 6.03 Å². The van der Waals surface area contributed by atoms with Crippen LogP contribution in [0.25, 0.3) is 0 Å². The second-order valence-electron chi connectivity index (χ2n) is 5.05. The molecule has 2 amide bonds. The van der Waals surface area contributed by atoms with Crippen molar-refractivity contribution in [2.24, 2.45) is 0 Å². The van der Waals surface area contributed by atoms with Gasteiger partial charge in [0, 0.05) is 25.6 Å². The lowest BCUT2D eigenvalue weighted by atomic mass is 10.2. The molecule has 1 aromatic rings. The molecular weight excluding hydrogens is 344 g/mol. The van der Waals surface area contributed by atoms with Gasteiger partial charge in [0.2, 0.25) is 10.0 Å². The minimum Gasteiger partial charge on any atom is -0.378 e. The van der Waals surface area contributed by atoms with Crippen molar-refractivity contribution in [1.82, 2.24) is 14.6 Å². The first-order chi connectivity index (χ1) is 10.9. The zero-order valence-electron chi connectivity index (χ0n) is 12.9. The van der Waals surface area contributed by atoms with E-state index in [2.05, 4.69) is 15.0 Å². The van der Waals surface area contributed by atoms with Crippen molar-refractivity contribution >= 4 is 32.5 Å². The molecule has 130 valence electrons. The van der Waals surface area contributed by atoms with Crippen LogP contribution in [0.5, 0.6) is 0 Å². The molecular formula is C12H20N4O5S2. The summed E-state index contributed by atoms with van der Waals surface area (Å²) in [5.41, 5.74) is 0.741. The summed E-state index contributed by atoms with van der Waals surface area (Å²) in [6, 6.07) is -0.691. The first kappa shape index (κ1) is 18.1. The Morgan fingerprint density at radius 3 is 3.09 bits per heavy atom. The van der Waals surface area contributed by atoms with Crippen LogP contribution < -0.4 is 10.0 Å². The number of urea groups is 1. The van der Waals surface area contributed by atoms with E-state index in [-0.39, 0.29) is 25.2 Å². The number of methoxy groups -OCH3 is 1. The van der Waals surface area contributed by atoms with Gasteiger partial charge in [-0.05, 0) is 0 Å². The topological polar surface area (TPSA) is 110 Å². The van der Waals surface area contributed by atoms with Gasteiger partial charge in [0.1, 0.15) is 0 Å². The Balaban J connectivity index is 1.96. The van der Waals surface area contributed by atoms with Gasteiger partial charge in [-0.25, -0.2) is 22.9 Å². The molecule has 0 spiro atoms. The Kier molecular flexibility index (Phi) is 6.30. The molecule has 0 aromatic carbocycles. The monoisotopic (exact) mass is 364 g/mol. The number of thiazole rings is 1. The summed E-state index contributed by atoms with van der Waals surface area (Å²) >= 11 is 1.31. The van der Waals surface area contributed by atoms with E-state index in [9.17, 15) is 13.2 Å². The SMILES string of the molecule is COCc1csc(NC(=O)N2CCOCC2CNS(C)(=O)=O)n1. The van der Waals surface area contributed by atoms with E-state index in [1.807, 2.05) is 0 Å². The molecule has 2 rings (SSSR count). The minimum atomic E-state index is -3.32. The normalized spacial score (nSPS) is 18.9. The first-order valence-electron chi connectivity index (χ1n) is 6.92. The molecule has 0 bridgehead atoms. The van der Waals surface area contributed by atoms with Crippen molar-refractivity contribution in [2.45, 2.75) is 12.6 Å². The Morgan fingerprint density at radius 1 is 1.61 bits per heavy atom. The fraction of sp³-hybridized carbons (Fsp3) is 0.667. The molecule has 1 atom stereocenters. The maximum atomic E-state index is 12.4. The molecule has 1 fully saturated rings. The van der Waals surface area contributed by atoms with Gasteiger partial charge in [-0.2, -0.15) is 0 Å². The number of morpholine rings is 1. The van der Waals surface area contributed by atoms with E-state index in [4.69, 9.17) is 9.47 Å². The Morgan fingerprint density at radius 2 is 2.39 bits per heavy atom. The number of aromatic nitrogens is 1. The molecule has 9 nitrogen and oxygen atoms in total. The smallest absolute Gasteiger partial charge is 0.324 e. The third kappa shape index (κ3) is 5.70. The summed E-state index contributed by atoms with van der Waals surface area (Å²) in [6.07, 6.45) is 1.08. The molecule has 1 saturated heterocycles. The van der Waals surface area contributed by atoms with Gasteiger partial charge in [0.15, 0.2) is 5.13 Å². The van der Waals surface area contributed by atoms with Gasteiger partial charge < -0.3 is 14.4 Å². The number of carbonyl (C=O) groups excluding carboxylic acids is 1. The van der Waals surface area contributed by atoms with Crippen LogP contribution in [0.15, 0.2) is 5.38 Å². The van der Waals surface area contributed by atoms with Crippen LogP contribution in [0.2, 0.25) is 0 Å². The lowest BCUT2D eigenvalue weighted by Gasteiger charge is -2.35. The number of anilines is 1. The zero-order valence-corrected chi connectivity index (χ0v) is 14.6. The van der Waals surface area contributed by atoms with Crippen molar-refractivity contribution < 1.29 is 22.7 Å². The molecule has 2 heterocycles. The van der Waals surface area contributed by atoms with E-state index in [1.54, 1.807) is 17.4 Å². The second-order valence-corrected chi connectivity index (χ2v) is 7.74.